The molecule has 1 atom stereocenters. The Balaban J connectivity index is 1.05. The number of para-hydroxylation sites is 1. The molecule has 6 nitrogen and oxygen atoms in total. The van der Waals surface area contributed by atoms with Crippen LogP contribution in [0.4, 0.5) is 5.69 Å². The minimum absolute atomic E-state index is 0.240. The van der Waals surface area contributed by atoms with Crippen LogP contribution in [0, 0.1) is 0 Å². The molecule has 1 unspecified atom stereocenters. The highest BCUT2D eigenvalue weighted by atomic mass is 16.5. The van der Waals surface area contributed by atoms with Gasteiger partial charge in [0.2, 0.25) is 0 Å². The molecule has 1 N–H and O–H groups in total. The Bertz CT molecular complexity index is 2710. The Labute approximate surface area is 300 Å². The maximum absolute atomic E-state index is 6.62. The molecule has 0 amide bonds. The molecule has 0 saturated carbocycles. The zero-order chi connectivity index (χ0) is 34.4. The molecule has 1 aliphatic rings. The first-order valence-electron chi connectivity index (χ1n) is 17.4. The first kappa shape index (κ1) is 29.8. The molecular formula is C46H31N5O. The van der Waals surface area contributed by atoms with Crippen molar-refractivity contribution < 1.29 is 4.74 Å². The summed E-state index contributed by atoms with van der Waals surface area (Å²) < 4.78 is 8.92. The average Bonchev–Trinajstić information content (AvgIpc) is 3.82. The first-order chi connectivity index (χ1) is 25.8. The third-order valence-corrected chi connectivity index (χ3v) is 9.72. The zero-order valence-electron chi connectivity index (χ0n) is 28.0. The SMILES string of the molecule is c1ccc(-c2ccc(-c3nc(-c4ccccc4)nc(-c4ccc(-n5c6ccccc6c6c7c(ccc65)NC(c5ccccc5)O7)cc4)n3)cc2)cc1. The van der Waals surface area contributed by atoms with E-state index in [9.17, 15) is 0 Å². The number of fused-ring (bicyclic) bond motifs is 5. The molecule has 0 saturated heterocycles. The molecule has 0 fully saturated rings. The van der Waals surface area contributed by atoms with Crippen molar-refractivity contribution in [1.29, 1.82) is 0 Å². The van der Waals surface area contributed by atoms with Crippen molar-refractivity contribution in [2.75, 3.05) is 5.32 Å². The van der Waals surface area contributed by atoms with Crippen LogP contribution in [0.2, 0.25) is 0 Å². The minimum Gasteiger partial charge on any atom is -0.464 e. The number of hydrogen-bond donors (Lipinski definition) is 1. The van der Waals surface area contributed by atoms with E-state index >= 15 is 0 Å². The number of ether oxygens (including phenoxy) is 1. The van der Waals surface area contributed by atoms with Gasteiger partial charge in [0.1, 0.15) is 0 Å². The van der Waals surface area contributed by atoms with E-state index in [4.69, 9.17) is 19.7 Å². The largest absolute Gasteiger partial charge is 0.464 e. The molecule has 10 rings (SSSR count). The molecule has 3 heterocycles. The second kappa shape index (κ2) is 12.4. The lowest BCUT2D eigenvalue weighted by Crippen LogP contribution is -2.09. The van der Waals surface area contributed by atoms with Gasteiger partial charge in [-0.05, 0) is 53.6 Å². The summed E-state index contributed by atoms with van der Waals surface area (Å²) in [7, 11) is 0. The van der Waals surface area contributed by atoms with Crippen LogP contribution in [0.3, 0.4) is 0 Å². The summed E-state index contributed by atoms with van der Waals surface area (Å²) in [6.07, 6.45) is -0.240. The van der Waals surface area contributed by atoms with Gasteiger partial charge in [-0.3, -0.25) is 0 Å². The Kier molecular flexibility index (Phi) is 7.10. The molecule has 2 aromatic heterocycles. The predicted octanol–water partition coefficient (Wildman–Crippen LogP) is 11.1. The summed E-state index contributed by atoms with van der Waals surface area (Å²) in [6.45, 7) is 0. The molecule has 0 aliphatic carbocycles. The molecule has 7 aromatic carbocycles. The monoisotopic (exact) mass is 669 g/mol. The highest BCUT2D eigenvalue weighted by molar-refractivity contribution is 6.14. The Morgan fingerprint density at radius 1 is 0.442 bits per heavy atom. The van der Waals surface area contributed by atoms with Crippen LogP contribution in [-0.2, 0) is 0 Å². The number of benzene rings is 7. The predicted molar refractivity (Wildman–Crippen MR) is 209 cm³/mol. The summed E-state index contributed by atoms with van der Waals surface area (Å²) in [5.74, 6) is 2.76. The lowest BCUT2D eigenvalue weighted by Gasteiger charge is -2.11. The van der Waals surface area contributed by atoms with E-state index in [2.05, 4.69) is 131 Å². The summed E-state index contributed by atoms with van der Waals surface area (Å²) in [5.41, 5.74) is 10.4. The standard InChI is InChI=1S/C46H31N5O/c1-4-12-30(13-5-1)31-20-22-33(23-21-31)44-48-43(32-14-6-2-7-15-32)49-45(50-44)34-24-26-36(27-25-34)51-39-19-11-10-18-37(39)41-40(51)29-28-38-42(41)52-46(47-38)35-16-8-3-9-17-35/h1-29,46-47H. The van der Waals surface area contributed by atoms with E-state index in [1.165, 1.54) is 5.56 Å². The van der Waals surface area contributed by atoms with E-state index in [-0.39, 0.29) is 6.23 Å². The van der Waals surface area contributed by atoms with Gasteiger partial charge in [-0.1, -0.05) is 133 Å². The number of anilines is 1. The number of nitrogens with zero attached hydrogens (tertiary/aromatic N) is 4. The van der Waals surface area contributed by atoms with Crippen molar-refractivity contribution in [2.45, 2.75) is 6.23 Å². The van der Waals surface area contributed by atoms with Crippen LogP contribution in [0.1, 0.15) is 11.8 Å². The van der Waals surface area contributed by atoms with Gasteiger partial charge >= 0.3 is 0 Å². The average molecular weight is 670 g/mol. The Hall–Kier alpha value is -7.05. The molecular weight excluding hydrogens is 639 g/mol. The second-order valence-electron chi connectivity index (χ2n) is 12.9. The smallest absolute Gasteiger partial charge is 0.196 e. The molecule has 9 aromatic rings. The van der Waals surface area contributed by atoms with Crippen molar-refractivity contribution in [3.05, 3.63) is 181 Å². The van der Waals surface area contributed by atoms with Crippen LogP contribution >= 0.6 is 0 Å². The number of hydrogen-bond acceptors (Lipinski definition) is 5. The molecule has 6 heteroatoms. The van der Waals surface area contributed by atoms with Gasteiger partial charge < -0.3 is 14.6 Å². The highest BCUT2D eigenvalue weighted by Crippen LogP contribution is 2.47. The number of nitrogens with one attached hydrogen (secondary N) is 1. The normalized spacial score (nSPS) is 13.5. The topological polar surface area (TPSA) is 64.9 Å². The van der Waals surface area contributed by atoms with Gasteiger partial charge in [0.15, 0.2) is 29.5 Å². The van der Waals surface area contributed by atoms with Crippen molar-refractivity contribution in [3.8, 4) is 56.7 Å². The van der Waals surface area contributed by atoms with E-state index in [0.29, 0.717) is 17.5 Å². The van der Waals surface area contributed by atoms with Crippen LogP contribution in [0.15, 0.2) is 176 Å². The van der Waals surface area contributed by atoms with Crippen molar-refractivity contribution in [2.24, 2.45) is 0 Å². The molecule has 1 aliphatic heterocycles. The van der Waals surface area contributed by atoms with Crippen LogP contribution in [-0.4, -0.2) is 19.5 Å². The number of aromatic nitrogens is 4. The lowest BCUT2D eigenvalue weighted by molar-refractivity contribution is 0.263. The van der Waals surface area contributed by atoms with Gasteiger partial charge in [-0.25, -0.2) is 15.0 Å². The maximum Gasteiger partial charge on any atom is 0.196 e. The van der Waals surface area contributed by atoms with Crippen LogP contribution in [0.25, 0.3) is 72.8 Å². The Morgan fingerprint density at radius 3 is 1.60 bits per heavy atom. The first-order valence-corrected chi connectivity index (χ1v) is 17.4. The zero-order valence-corrected chi connectivity index (χ0v) is 28.0. The van der Waals surface area contributed by atoms with Gasteiger partial charge in [-0.15, -0.1) is 0 Å². The van der Waals surface area contributed by atoms with Crippen LogP contribution < -0.4 is 10.1 Å². The van der Waals surface area contributed by atoms with E-state index < -0.39 is 0 Å². The van der Waals surface area contributed by atoms with Crippen molar-refractivity contribution in [1.82, 2.24) is 19.5 Å². The molecule has 0 spiro atoms. The highest BCUT2D eigenvalue weighted by Gasteiger charge is 2.28. The van der Waals surface area contributed by atoms with Crippen molar-refractivity contribution >= 4 is 27.5 Å². The minimum atomic E-state index is -0.240. The van der Waals surface area contributed by atoms with Crippen LogP contribution in [0.5, 0.6) is 5.75 Å². The van der Waals surface area contributed by atoms with Gasteiger partial charge in [0.25, 0.3) is 0 Å². The van der Waals surface area contributed by atoms with E-state index in [1.54, 1.807) is 0 Å². The van der Waals surface area contributed by atoms with Gasteiger partial charge in [-0.2, -0.15) is 0 Å². The Morgan fingerprint density at radius 2 is 0.942 bits per heavy atom. The molecule has 0 radical (unpaired) electrons. The maximum atomic E-state index is 6.62. The second-order valence-corrected chi connectivity index (χ2v) is 12.9. The quantitative estimate of drug-likeness (QED) is 0.191. The summed E-state index contributed by atoms with van der Waals surface area (Å²) in [6, 6.07) is 60.4. The third kappa shape index (κ3) is 5.17. The third-order valence-electron chi connectivity index (χ3n) is 9.72. The van der Waals surface area contributed by atoms with Crippen molar-refractivity contribution in [3.63, 3.8) is 0 Å². The summed E-state index contributed by atoms with van der Waals surface area (Å²) in [5, 5.41) is 5.81. The molecule has 246 valence electrons. The fourth-order valence-corrected chi connectivity index (χ4v) is 7.16. The summed E-state index contributed by atoms with van der Waals surface area (Å²) in [4.78, 5) is 14.9. The number of rotatable bonds is 6. The summed E-state index contributed by atoms with van der Waals surface area (Å²) >= 11 is 0. The van der Waals surface area contributed by atoms with Gasteiger partial charge in [0.05, 0.1) is 22.1 Å². The fraction of sp³-hybridized carbons (Fsp3) is 0.0217. The lowest BCUT2D eigenvalue weighted by atomic mass is 10.0. The van der Waals surface area contributed by atoms with E-state index in [0.717, 1.165) is 66.7 Å². The fourth-order valence-electron chi connectivity index (χ4n) is 7.16. The molecule has 52 heavy (non-hydrogen) atoms. The molecule has 0 bridgehead atoms. The van der Waals surface area contributed by atoms with Gasteiger partial charge in [0, 0.05) is 33.3 Å². The van der Waals surface area contributed by atoms with E-state index in [1.807, 2.05) is 54.6 Å².